The summed E-state index contributed by atoms with van der Waals surface area (Å²) in [5, 5.41) is 0. The molecule has 0 amide bonds. The van der Waals surface area contributed by atoms with Gasteiger partial charge in [0.1, 0.15) is 0 Å². The lowest BCUT2D eigenvalue weighted by atomic mass is 9.70. The molecule has 3 aliphatic carbocycles. The van der Waals surface area contributed by atoms with Gasteiger partial charge in [0.25, 0.3) is 0 Å². The highest BCUT2D eigenvalue weighted by Crippen LogP contribution is 2.64. The van der Waals surface area contributed by atoms with Crippen LogP contribution >= 0.6 is 0 Å². The van der Waals surface area contributed by atoms with Crippen molar-refractivity contribution in [3.05, 3.63) is 270 Å². The van der Waals surface area contributed by atoms with Crippen molar-refractivity contribution in [2.75, 3.05) is 4.90 Å². The van der Waals surface area contributed by atoms with Gasteiger partial charge in [-0.15, -0.1) is 0 Å². The van der Waals surface area contributed by atoms with Crippen LogP contribution in [0.3, 0.4) is 0 Å². The summed E-state index contributed by atoms with van der Waals surface area (Å²) >= 11 is 0. The molecule has 66 heavy (non-hydrogen) atoms. The summed E-state index contributed by atoms with van der Waals surface area (Å²) in [5.74, 6) is 0. The van der Waals surface area contributed by atoms with Gasteiger partial charge in [-0.25, -0.2) is 0 Å². The summed E-state index contributed by atoms with van der Waals surface area (Å²) in [7, 11) is 0. The molecule has 0 aromatic heterocycles. The Balaban J connectivity index is 1.09. The molecular weight excluding hydrogens is 795 g/mol. The Hall–Kier alpha value is -8.00. The lowest BCUT2D eigenvalue weighted by Gasteiger charge is -2.34. The smallest absolute Gasteiger partial charge is 0.0726 e. The normalized spacial score (nSPS) is 13.6. The first-order chi connectivity index (χ1) is 32.8. The third-order valence-electron chi connectivity index (χ3n) is 14.7. The van der Waals surface area contributed by atoms with Gasteiger partial charge in [-0.2, -0.15) is 0 Å². The van der Waals surface area contributed by atoms with E-state index in [9.17, 15) is 0 Å². The SMILES string of the molecule is c1ccc(-c2ccc(N(c3ccc(-c4ccccc4-c4ccccc4)cc3)c3cc4c(cc3-c3cccc5c3CCCC5)-c3ccccc3C43c4ccccc4-c4ccccc43)cc2)cc1. The molecule has 1 nitrogen and oxygen atoms in total. The van der Waals surface area contributed by atoms with Gasteiger partial charge in [-0.3, -0.25) is 0 Å². The predicted octanol–water partition coefficient (Wildman–Crippen LogP) is 17.0. The largest absolute Gasteiger partial charge is 0.310 e. The molecule has 0 unspecified atom stereocenters. The maximum atomic E-state index is 2.59. The first-order valence-corrected chi connectivity index (χ1v) is 23.6. The maximum absolute atomic E-state index is 2.59. The number of hydrogen-bond acceptors (Lipinski definition) is 1. The van der Waals surface area contributed by atoms with Crippen LogP contribution in [0.25, 0.3) is 66.8 Å². The van der Waals surface area contributed by atoms with Gasteiger partial charge in [0, 0.05) is 16.9 Å². The highest BCUT2D eigenvalue weighted by Gasteiger charge is 2.52. The number of rotatable bonds is 7. The Morgan fingerprint density at radius 2 is 0.727 bits per heavy atom. The van der Waals surface area contributed by atoms with E-state index >= 15 is 0 Å². The van der Waals surface area contributed by atoms with E-state index in [4.69, 9.17) is 0 Å². The van der Waals surface area contributed by atoms with Crippen molar-refractivity contribution in [2.24, 2.45) is 0 Å². The predicted molar refractivity (Wildman–Crippen MR) is 276 cm³/mol. The lowest BCUT2D eigenvalue weighted by molar-refractivity contribution is 0.687. The van der Waals surface area contributed by atoms with Crippen LogP contribution in [0.15, 0.2) is 237 Å². The van der Waals surface area contributed by atoms with E-state index < -0.39 is 5.41 Å². The van der Waals surface area contributed by atoms with E-state index in [0.717, 1.165) is 24.2 Å². The molecule has 3 aliphatic rings. The number of anilines is 3. The molecule has 0 fully saturated rings. The van der Waals surface area contributed by atoms with Crippen LogP contribution in [0.2, 0.25) is 0 Å². The Kier molecular flexibility index (Phi) is 9.10. The minimum Gasteiger partial charge on any atom is -0.310 e. The molecule has 0 bridgehead atoms. The summed E-state index contributed by atoms with van der Waals surface area (Å²) in [4.78, 5) is 2.54. The standard InChI is InChI=1S/C65H47N/c1-3-18-44(19-4-1)45-34-38-49(39-35-45)66(50-40-36-48(37-41-50)52-25-10-9-24-51(52)46-20-5-2-6-21-46)64-43-63-58(42-59(64)54-30-17-23-47-22-7-8-26-53(47)54)57-29-13-16-33-62(57)65(63)60-31-14-11-27-55(60)56-28-12-15-32-61(56)65/h1-6,9-21,23-25,27-43H,7-8,22,26H2. The van der Waals surface area contributed by atoms with Crippen LogP contribution in [0.1, 0.15) is 46.2 Å². The first kappa shape index (κ1) is 38.5. The zero-order chi connectivity index (χ0) is 43.6. The van der Waals surface area contributed by atoms with Crippen molar-refractivity contribution >= 4 is 17.1 Å². The van der Waals surface area contributed by atoms with Gasteiger partial charge in [0.2, 0.25) is 0 Å². The van der Waals surface area contributed by atoms with E-state index in [1.165, 1.54) is 119 Å². The topological polar surface area (TPSA) is 3.24 Å². The monoisotopic (exact) mass is 841 g/mol. The molecule has 0 saturated carbocycles. The highest BCUT2D eigenvalue weighted by molar-refractivity contribution is 6.01. The summed E-state index contributed by atoms with van der Waals surface area (Å²) in [6, 6.07) is 88.6. The molecule has 0 atom stereocenters. The summed E-state index contributed by atoms with van der Waals surface area (Å²) < 4.78 is 0. The van der Waals surface area contributed by atoms with Gasteiger partial charge in [-0.05, 0) is 157 Å². The molecule has 0 radical (unpaired) electrons. The molecule has 0 aliphatic heterocycles. The van der Waals surface area contributed by atoms with Crippen LogP contribution in [0.4, 0.5) is 17.1 Å². The maximum Gasteiger partial charge on any atom is 0.0726 e. The molecule has 1 spiro atoms. The van der Waals surface area contributed by atoms with Crippen molar-refractivity contribution in [1.29, 1.82) is 0 Å². The fraction of sp³-hybridized carbons (Fsp3) is 0.0769. The molecule has 0 saturated heterocycles. The van der Waals surface area contributed by atoms with Crippen molar-refractivity contribution < 1.29 is 0 Å². The zero-order valence-electron chi connectivity index (χ0n) is 36.8. The number of aryl methyl sites for hydroxylation is 1. The van der Waals surface area contributed by atoms with Gasteiger partial charge in [-0.1, -0.05) is 200 Å². The minimum atomic E-state index is -0.476. The zero-order valence-corrected chi connectivity index (χ0v) is 36.8. The van der Waals surface area contributed by atoms with Crippen molar-refractivity contribution in [2.45, 2.75) is 31.1 Å². The second-order valence-electron chi connectivity index (χ2n) is 18.2. The minimum absolute atomic E-state index is 0.476. The molecule has 10 aromatic carbocycles. The summed E-state index contributed by atoms with van der Waals surface area (Å²) in [6.07, 6.45) is 4.66. The number of fused-ring (bicyclic) bond motifs is 11. The van der Waals surface area contributed by atoms with E-state index in [0.29, 0.717) is 0 Å². The molecule has 312 valence electrons. The molecular formula is C65H47N. The van der Waals surface area contributed by atoms with Gasteiger partial charge >= 0.3 is 0 Å². The Morgan fingerprint density at radius 1 is 0.288 bits per heavy atom. The quantitative estimate of drug-likeness (QED) is 0.155. The van der Waals surface area contributed by atoms with E-state index in [1.54, 1.807) is 0 Å². The van der Waals surface area contributed by atoms with Crippen molar-refractivity contribution in [1.82, 2.24) is 0 Å². The van der Waals surface area contributed by atoms with Gasteiger partial charge in [0.15, 0.2) is 0 Å². The number of nitrogens with zero attached hydrogens (tertiary/aromatic N) is 1. The van der Waals surface area contributed by atoms with Crippen LogP contribution in [-0.4, -0.2) is 0 Å². The molecule has 0 heterocycles. The van der Waals surface area contributed by atoms with Crippen LogP contribution in [-0.2, 0) is 18.3 Å². The van der Waals surface area contributed by atoms with Crippen LogP contribution < -0.4 is 4.90 Å². The molecule has 1 heteroatoms. The lowest BCUT2D eigenvalue weighted by Crippen LogP contribution is -2.26. The summed E-state index contributed by atoms with van der Waals surface area (Å²) in [5.41, 5.74) is 26.5. The average Bonchev–Trinajstić information content (AvgIpc) is 3.86. The molecule has 10 aromatic rings. The van der Waals surface area contributed by atoms with Crippen LogP contribution in [0, 0.1) is 0 Å². The Morgan fingerprint density at radius 3 is 1.32 bits per heavy atom. The summed E-state index contributed by atoms with van der Waals surface area (Å²) in [6.45, 7) is 0. The molecule has 0 N–H and O–H groups in total. The third-order valence-corrected chi connectivity index (χ3v) is 14.7. The van der Waals surface area contributed by atoms with Crippen molar-refractivity contribution in [3.8, 4) is 66.8 Å². The number of benzene rings is 10. The highest BCUT2D eigenvalue weighted by atomic mass is 15.1. The van der Waals surface area contributed by atoms with Gasteiger partial charge in [0.05, 0.1) is 11.1 Å². The van der Waals surface area contributed by atoms with E-state index in [2.05, 4.69) is 241 Å². The second-order valence-corrected chi connectivity index (χ2v) is 18.2. The average molecular weight is 842 g/mol. The number of hydrogen-bond donors (Lipinski definition) is 0. The third kappa shape index (κ3) is 5.93. The molecule has 13 rings (SSSR count). The second kappa shape index (κ2) is 15.6. The fourth-order valence-corrected chi connectivity index (χ4v) is 11.8. The van der Waals surface area contributed by atoms with Gasteiger partial charge < -0.3 is 4.90 Å². The van der Waals surface area contributed by atoms with E-state index in [-0.39, 0.29) is 0 Å². The first-order valence-electron chi connectivity index (χ1n) is 23.6. The van der Waals surface area contributed by atoms with E-state index in [1.807, 2.05) is 0 Å². The fourth-order valence-electron chi connectivity index (χ4n) is 11.8. The Labute approximate surface area is 388 Å². The Bertz CT molecular complexity index is 3410. The van der Waals surface area contributed by atoms with Crippen LogP contribution in [0.5, 0.6) is 0 Å². The van der Waals surface area contributed by atoms with Crippen molar-refractivity contribution in [3.63, 3.8) is 0 Å².